The maximum Gasteiger partial charge on any atom is 0.0622 e. The van der Waals surface area contributed by atoms with Crippen molar-refractivity contribution in [3.05, 3.63) is 127 Å². The molecule has 0 bridgehead atoms. The highest BCUT2D eigenvalue weighted by atomic mass is 15.2. The maximum atomic E-state index is 4.31. The Kier molecular flexibility index (Phi) is 8.64. The number of hydrogen-bond donors (Lipinski definition) is 1. The highest BCUT2D eigenvalue weighted by Gasteiger charge is 2.21. The van der Waals surface area contributed by atoms with Gasteiger partial charge in [-0.1, -0.05) is 111 Å². The minimum atomic E-state index is 0.346. The zero-order chi connectivity index (χ0) is 26.2. The van der Waals surface area contributed by atoms with Gasteiger partial charge in [0.15, 0.2) is 0 Å². The van der Waals surface area contributed by atoms with Crippen LogP contribution < -0.4 is 10.2 Å². The Bertz CT molecular complexity index is 1340. The van der Waals surface area contributed by atoms with Crippen LogP contribution >= 0.6 is 0 Å². The van der Waals surface area contributed by atoms with Gasteiger partial charge >= 0.3 is 0 Å². The van der Waals surface area contributed by atoms with Crippen molar-refractivity contribution < 1.29 is 0 Å². The molecular weight excluding hydrogens is 448 g/mol. The van der Waals surface area contributed by atoms with Gasteiger partial charge in [-0.15, -0.1) is 0 Å². The molecule has 0 radical (unpaired) electrons. The van der Waals surface area contributed by atoms with E-state index in [1.165, 1.54) is 27.9 Å². The molecule has 0 aliphatic rings. The second-order valence-corrected chi connectivity index (χ2v) is 9.91. The molecule has 2 nitrogen and oxygen atoms in total. The summed E-state index contributed by atoms with van der Waals surface area (Å²) >= 11 is 0. The summed E-state index contributed by atoms with van der Waals surface area (Å²) in [4.78, 5) is 2.47. The lowest BCUT2D eigenvalue weighted by atomic mass is 9.97. The lowest BCUT2D eigenvalue weighted by molar-refractivity contribution is 0.494. The minimum absolute atomic E-state index is 0.346. The molecule has 0 aliphatic carbocycles. The van der Waals surface area contributed by atoms with Crippen LogP contribution in [0.5, 0.6) is 0 Å². The molecule has 37 heavy (non-hydrogen) atoms. The molecule has 0 unspecified atom stereocenters. The van der Waals surface area contributed by atoms with Crippen LogP contribution in [0.15, 0.2) is 127 Å². The average molecular weight is 487 g/mol. The molecule has 188 valence electrons. The van der Waals surface area contributed by atoms with E-state index in [9.17, 15) is 0 Å². The molecule has 4 rings (SSSR count). The molecule has 0 amide bonds. The smallest absolute Gasteiger partial charge is 0.0622 e. The lowest BCUT2D eigenvalue weighted by Gasteiger charge is -2.35. The number of rotatable bonds is 10. The van der Waals surface area contributed by atoms with E-state index >= 15 is 0 Å². The summed E-state index contributed by atoms with van der Waals surface area (Å²) in [7, 11) is 0. The van der Waals surface area contributed by atoms with Crippen LogP contribution in [-0.4, -0.2) is 12.6 Å². The maximum absolute atomic E-state index is 4.31. The average Bonchev–Trinajstić information content (AvgIpc) is 2.93. The van der Waals surface area contributed by atoms with E-state index in [1.807, 2.05) is 6.92 Å². The van der Waals surface area contributed by atoms with Crippen molar-refractivity contribution in [2.24, 2.45) is 5.92 Å². The fourth-order valence-electron chi connectivity index (χ4n) is 4.61. The zero-order valence-corrected chi connectivity index (χ0v) is 22.5. The van der Waals surface area contributed by atoms with Crippen molar-refractivity contribution in [3.63, 3.8) is 0 Å². The Morgan fingerprint density at radius 3 is 2.03 bits per heavy atom. The first kappa shape index (κ1) is 26.0. The molecule has 0 aliphatic heterocycles. The van der Waals surface area contributed by atoms with Crippen LogP contribution in [0.25, 0.3) is 22.3 Å². The van der Waals surface area contributed by atoms with E-state index in [0.29, 0.717) is 12.0 Å². The highest BCUT2D eigenvalue weighted by molar-refractivity contribution is 5.87. The molecular formula is C35H38N2. The van der Waals surface area contributed by atoms with E-state index in [4.69, 9.17) is 0 Å². The number of allylic oxidation sites excluding steroid dienone is 1. The lowest BCUT2D eigenvalue weighted by Crippen LogP contribution is -2.38. The summed E-state index contributed by atoms with van der Waals surface area (Å²) in [5, 5.41) is 3.81. The Balaban J connectivity index is 1.78. The standard InChI is InChI=1S/C35H38N2/c1-6-15-27(4)25-37(28(5)26(2)3)35-21-14-13-20-34(35)36-33-23-22-31(29-16-9-7-10-17-29)24-32(33)30-18-11-8-12-19-30/h6-24,26,28,36H,4,25H2,1-3,5H3/b15-6-/t28-/m1/s1. The molecule has 0 aromatic heterocycles. The molecule has 1 atom stereocenters. The summed E-state index contributed by atoms with van der Waals surface area (Å²) in [6.07, 6.45) is 4.16. The topological polar surface area (TPSA) is 15.3 Å². The van der Waals surface area contributed by atoms with E-state index in [1.54, 1.807) is 0 Å². The van der Waals surface area contributed by atoms with Crippen molar-refractivity contribution >= 4 is 17.1 Å². The first-order valence-corrected chi connectivity index (χ1v) is 13.2. The Labute approximate surface area is 223 Å². The van der Waals surface area contributed by atoms with Crippen molar-refractivity contribution in [2.45, 2.75) is 33.7 Å². The molecule has 4 aromatic carbocycles. The Morgan fingerprint density at radius 1 is 0.757 bits per heavy atom. The molecule has 4 aromatic rings. The van der Waals surface area contributed by atoms with Gasteiger partial charge in [0.05, 0.1) is 11.4 Å². The van der Waals surface area contributed by atoms with Crippen LogP contribution in [0.4, 0.5) is 17.1 Å². The molecule has 0 saturated carbocycles. The summed E-state index contributed by atoms with van der Waals surface area (Å²) in [5.41, 5.74) is 9.24. The normalized spacial score (nSPS) is 12.0. The third kappa shape index (κ3) is 6.40. The second kappa shape index (κ2) is 12.3. The van der Waals surface area contributed by atoms with E-state index in [-0.39, 0.29) is 0 Å². The Hall–Kier alpha value is -4.04. The van der Waals surface area contributed by atoms with Gasteiger partial charge in [-0.05, 0) is 66.3 Å². The van der Waals surface area contributed by atoms with Gasteiger partial charge in [-0.25, -0.2) is 0 Å². The van der Waals surface area contributed by atoms with Gasteiger partial charge in [0.25, 0.3) is 0 Å². The van der Waals surface area contributed by atoms with E-state index in [2.05, 4.69) is 153 Å². The molecule has 2 heteroatoms. The number of nitrogens with one attached hydrogen (secondary N) is 1. The quantitative estimate of drug-likeness (QED) is 0.224. The zero-order valence-electron chi connectivity index (χ0n) is 22.5. The van der Waals surface area contributed by atoms with Gasteiger partial charge in [0.2, 0.25) is 0 Å². The van der Waals surface area contributed by atoms with Crippen LogP contribution in [0.1, 0.15) is 27.7 Å². The molecule has 0 heterocycles. The predicted octanol–water partition coefficient (Wildman–Crippen LogP) is 9.75. The van der Waals surface area contributed by atoms with Crippen molar-refractivity contribution in [3.8, 4) is 22.3 Å². The molecule has 0 saturated heterocycles. The Morgan fingerprint density at radius 2 is 1.38 bits per heavy atom. The highest BCUT2D eigenvalue weighted by Crippen LogP contribution is 2.38. The van der Waals surface area contributed by atoms with Crippen LogP contribution in [0.3, 0.4) is 0 Å². The second-order valence-electron chi connectivity index (χ2n) is 9.91. The molecule has 0 spiro atoms. The van der Waals surface area contributed by atoms with Crippen LogP contribution in [-0.2, 0) is 0 Å². The van der Waals surface area contributed by atoms with Gasteiger partial charge in [0.1, 0.15) is 0 Å². The van der Waals surface area contributed by atoms with E-state index in [0.717, 1.165) is 23.5 Å². The fraction of sp³-hybridized carbons (Fsp3) is 0.200. The number of hydrogen-bond acceptors (Lipinski definition) is 2. The van der Waals surface area contributed by atoms with Gasteiger partial charge in [-0.3, -0.25) is 0 Å². The molecule has 1 N–H and O–H groups in total. The summed E-state index contributed by atoms with van der Waals surface area (Å²) in [6, 6.07) is 36.8. The summed E-state index contributed by atoms with van der Waals surface area (Å²) < 4.78 is 0. The summed E-state index contributed by atoms with van der Waals surface area (Å²) in [5.74, 6) is 0.497. The van der Waals surface area contributed by atoms with Gasteiger partial charge in [-0.2, -0.15) is 0 Å². The monoisotopic (exact) mass is 486 g/mol. The van der Waals surface area contributed by atoms with Gasteiger partial charge < -0.3 is 10.2 Å². The summed E-state index contributed by atoms with van der Waals surface area (Å²) in [6.45, 7) is 14.0. The van der Waals surface area contributed by atoms with Crippen LogP contribution in [0, 0.1) is 5.92 Å². The van der Waals surface area contributed by atoms with Crippen molar-refractivity contribution in [1.82, 2.24) is 0 Å². The first-order chi connectivity index (χ1) is 18.0. The molecule has 0 fully saturated rings. The van der Waals surface area contributed by atoms with Crippen molar-refractivity contribution in [1.29, 1.82) is 0 Å². The number of para-hydroxylation sites is 2. The van der Waals surface area contributed by atoms with E-state index < -0.39 is 0 Å². The largest absolute Gasteiger partial charge is 0.363 e. The third-order valence-electron chi connectivity index (χ3n) is 6.93. The fourth-order valence-corrected chi connectivity index (χ4v) is 4.61. The van der Waals surface area contributed by atoms with Crippen molar-refractivity contribution in [2.75, 3.05) is 16.8 Å². The number of anilines is 3. The number of nitrogens with zero attached hydrogens (tertiary/aromatic N) is 1. The van der Waals surface area contributed by atoms with Crippen LogP contribution in [0.2, 0.25) is 0 Å². The minimum Gasteiger partial charge on any atom is -0.363 e. The number of benzene rings is 4. The first-order valence-electron chi connectivity index (χ1n) is 13.2. The third-order valence-corrected chi connectivity index (χ3v) is 6.93. The SMILES string of the molecule is C=C(/C=C\C)CN(c1ccccc1Nc1ccc(-c2ccccc2)cc1-c1ccccc1)[C@H](C)C(C)C. The van der Waals surface area contributed by atoms with Gasteiger partial charge in [0, 0.05) is 23.8 Å². The predicted molar refractivity (Wildman–Crippen MR) is 163 cm³/mol.